The second-order valence-corrected chi connectivity index (χ2v) is 6.97. The molecule has 1 saturated heterocycles. The van der Waals surface area contributed by atoms with Crippen LogP contribution < -0.4 is 5.32 Å². The van der Waals surface area contributed by atoms with Crippen LogP contribution in [0, 0.1) is 0 Å². The molecule has 3 rings (SSSR count). The summed E-state index contributed by atoms with van der Waals surface area (Å²) in [6.45, 7) is 5.73. The number of piperazine rings is 1. The Morgan fingerprint density at radius 2 is 1.80 bits per heavy atom. The molecule has 2 heterocycles. The maximum atomic E-state index is 12.5. The van der Waals surface area contributed by atoms with Gasteiger partial charge in [-0.1, -0.05) is 12.1 Å². The summed E-state index contributed by atoms with van der Waals surface area (Å²) < 4.78 is 4.70. The Hall–Kier alpha value is -2.57. The van der Waals surface area contributed by atoms with Crippen LogP contribution in [0.5, 0.6) is 0 Å². The van der Waals surface area contributed by atoms with Gasteiger partial charge < -0.3 is 19.9 Å². The number of anilines is 1. The lowest BCUT2D eigenvalue weighted by atomic mass is 9.85. The summed E-state index contributed by atoms with van der Waals surface area (Å²) in [5, 5.41) is 2.87. The number of benzene rings is 1. The van der Waals surface area contributed by atoms with E-state index >= 15 is 0 Å². The lowest BCUT2D eigenvalue weighted by molar-refractivity contribution is -0.132. The summed E-state index contributed by atoms with van der Waals surface area (Å²) >= 11 is 0. The van der Waals surface area contributed by atoms with Crippen molar-refractivity contribution in [1.29, 1.82) is 0 Å². The van der Waals surface area contributed by atoms with Gasteiger partial charge >= 0.3 is 6.09 Å². The van der Waals surface area contributed by atoms with Crippen molar-refractivity contribution in [3.8, 4) is 0 Å². The van der Waals surface area contributed by atoms with E-state index in [1.54, 1.807) is 9.80 Å². The van der Waals surface area contributed by atoms with Crippen LogP contribution in [0.1, 0.15) is 25.0 Å². The minimum absolute atomic E-state index is 0.0232. The molecule has 1 aromatic rings. The summed E-state index contributed by atoms with van der Waals surface area (Å²) in [5.41, 5.74) is 2.06. The number of nitrogens with one attached hydrogen (secondary N) is 1. The van der Waals surface area contributed by atoms with Crippen molar-refractivity contribution in [2.45, 2.75) is 25.7 Å². The van der Waals surface area contributed by atoms with Gasteiger partial charge in [-0.25, -0.2) is 4.79 Å². The Morgan fingerprint density at radius 1 is 1.16 bits per heavy atom. The molecular weight excluding hydrogens is 322 g/mol. The molecule has 0 radical (unpaired) electrons. The summed E-state index contributed by atoms with van der Waals surface area (Å²) in [6.07, 6.45) is -0.0689. The molecule has 2 aliphatic rings. The maximum absolute atomic E-state index is 12.5. The normalized spacial score (nSPS) is 18.6. The average Bonchev–Trinajstić information content (AvgIpc) is 2.83. The summed E-state index contributed by atoms with van der Waals surface area (Å²) in [5.74, 6) is 0.00413. The van der Waals surface area contributed by atoms with E-state index in [1.807, 2.05) is 32.0 Å². The van der Waals surface area contributed by atoms with Gasteiger partial charge in [0, 0.05) is 31.9 Å². The molecule has 7 heteroatoms. The third-order valence-electron chi connectivity index (χ3n) is 4.99. The lowest BCUT2D eigenvalue weighted by Gasteiger charge is -2.34. The number of hydrogen-bond acceptors (Lipinski definition) is 4. The van der Waals surface area contributed by atoms with Crippen molar-refractivity contribution in [3.05, 3.63) is 29.3 Å². The molecule has 3 amide bonds. The molecule has 25 heavy (non-hydrogen) atoms. The zero-order valence-corrected chi connectivity index (χ0v) is 14.8. The first-order valence-corrected chi connectivity index (χ1v) is 8.38. The number of rotatable bonds is 2. The number of methoxy groups -OCH3 is 1. The quantitative estimate of drug-likeness (QED) is 0.878. The Labute approximate surface area is 146 Å². The van der Waals surface area contributed by atoms with Crippen LogP contribution in [0.4, 0.5) is 10.5 Å². The maximum Gasteiger partial charge on any atom is 0.409 e. The van der Waals surface area contributed by atoms with Gasteiger partial charge in [-0.05, 0) is 31.0 Å². The lowest BCUT2D eigenvalue weighted by Crippen LogP contribution is -2.50. The Morgan fingerprint density at radius 3 is 2.44 bits per heavy atom. The van der Waals surface area contributed by atoms with Gasteiger partial charge in [0.2, 0.25) is 11.8 Å². The van der Waals surface area contributed by atoms with Crippen LogP contribution >= 0.6 is 0 Å². The third kappa shape index (κ3) is 3.18. The van der Waals surface area contributed by atoms with E-state index < -0.39 is 5.41 Å². The van der Waals surface area contributed by atoms with E-state index in [1.165, 1.54) is 7.11 Å². The highest BCUT2D eigenvalue weighted by Crippen LogP contribution is 2.37. The van der Waals surface area contributed by atoms with Crippen LogP contribution in [0.25, 0.3) is 0 Å². The largest absolute Gasteiger partial charge is 0.453 e. The Bertz CT molecular complexity index is 721. The van der Waals surface area contributed by atoms with Crippen molar-refractivity contribution < 1.29 is 19.1 Å². The Kier molecular flexibility index (Phi) is 4.41. The van der Waals surface area contributed by atoms with Gasteiger partial charge in [0.1, 0.15) is 0 Å². The van der Waals surface area contributed by atoms with E-state index in [-0.39, 0.29) is 24.3 Å². The number of amides is 3. The monoisotopic (exact) mass is 345 g/mol. The molecule has 1 N–H and O–H groups in total. The minimum atomic E-state index is -0.583. The minimum Gasteiger partial charge on any atom is -0.453 e. The zero-order valence-electron chi connectivity index (χ0n) is 14.8. The molecule has 0 saturated carbocycles. The molecule has 0 bridgehead atoms. The van der Waals surface area contributed by atoms with Crippen LogP contribution in [-0.2, 0) is 26.2 Å². The number of nitrogens with zero attached hydrogens (tertiary/aromatic N) is 2. The van der Waals surface area contributed by atoms with E-state index in [2.05, 4.69) is 5.32 Å². The molecule has 0 atom stereocenters. The number of hydrogen-bond donors (Lipinski definition) is 1. The van der Waals surface area contributed by atoms with Crippen LogP contribution in [0.3, 0.4) is 0 Å². The topological polar surface area (TPSA) is 79.0 Å². The van der Waals surface area contributed by atoms with Gasteiger partial charge in [-0.2, -0.15) is 0 Å². The molecule has 1 aromatic carbocycles. The fourth-order valence-corrected chi connectivity index (χ4v) is 3.28. The average molecular weight is 345 g/mol. The van der Waals surface area contributed by atoms with Crippen molar-refractivity contribution in [3.63, 3.8) is 0 Å². The summed E-state index contributed by atoms with van der Waals surface area (Å²) in [7, 11) is 1.36. The van der Waals surface area contributed by atoms with Crippen LogP contribution in [-0.4, -0.2) is 61.0 Å². The second-order valence-electron chi connectivity index (χ2n) is 6.97. The van der Waals surface area contributed by atoms with E-state index in [4.69, 9.17) is 4.74 Å². The Balaban J connectivity index is 1.64. The molecule has 0 aromatic heterocycles. The molecule has 2 aliphatic heterocycles. The summed E-state index contributed by atoms with van der Waals surface area (Å²) in [4.78, 5) is 39.4. The number of fused-ring (bicyclic) bond motifs is 1. The van der Waals surface area contributed by atoms with Gasteiger partial charge in [-0.15, -0.1) is 0 Å². The van der Waals surface area contributed by atoms with E-state index in [0.29, 0.717) is 26.2 Å². The molecule has 7 nitrogen and oxygen atoms in total. The number of carbonyl (C=O) groups is 3. The van der Waals surface area contributed by atoms with Crippen molar-refractivity contribution in [2.24, 2.45) is 0 Å². The second kappa shape index (κ2) is 6.38. The van der Waals surface area contributed by atoms with Crippen molar-refractivity contribution in [2.75, 3.05) is 38.6 Å². The third-order valence-corrected chi connectivity index (χ3v) is 4.99. The highest BCUT2D eigenvalue weighted by molar-refractivity contribution is 6.05. The van der Waals surface area contributed by atoms with Gasteiger partial charge in [0.15, 0.2) is 0 Å². The fourth-order valence-electron chi connectivity index (χ4n) is 3.28. The molecular formula is C18H23N3O4. The predicted molar refractivity (Wildman–Crippen MR) is 92.4 cm³/mol. The van der Waals surface area contributed by atoms with Crippen LogP contribution in [0.15, 0.2) is 18.2 Å². The smallest absolute Gasteiger partial charge is 0.409 e. The molecule has 134 valence electrons. The van der Waals surface area contributed by atoms with Crippen LogP contribution in [0.2, 0.25) is 0 Å². The highest BCUT2D eigenvalue weighted by atomic mass is 16.5. The van der Waals surface area contributed by atoms with Gasteiger partial charge in [0.25, 0.3) is 0 Å². The SMILES string of the molecule is COC(=O)N1CCN(C(=O)Cc2ccc3c(c2)C(C)(C)C(=O)N3)CC1. The van der Waals surface area contributed by atoms with Gasteiger partial charge in [-0.3, -0.25) is 9.59 Å². The zero-order chi connectivity index (χ0) is 18.2. The molecule has 0 aliphatic carbocycles. The first-order chi connectivity index (χ1) is 11.8. The highest BCUT2D eigenvalue weighted by Gasteiger charge is 2.38. The first kappa shape index (κ1) is 17.3. The number of carbonyl (C=O) groups excluding carboxylic acids is 3. The van der Waals surface area contributed by atoms with Gasteiger partial charge in [0.05, 0.1) is 18.9 Å². The van der Waals surface area contributed by atoms with Crippen molar-refractivity contribution in [1.82, 2.24) is 9.80 Å². The predicted octanol–water partition coefficient (Wildman–Crippen LogP) is 1.37. The molecule has 1 fully saturated rings. The first-order valence-electron chi connectivity index (χ1n) is 8.38. The molecule has 0 unspecified atom stereocenters. The van der Waals surface area contributed by atoms with E-state index in [9.17, 15) is 14.4 Å². The standard InChI is InChI=1S/C18H23N3O4/c1-18(2)13-10-12(4-5-14(13)19-16(18)23)11-15(22)20-6-8-21(9-7-20)17(24)25-3/h4-5,10H,6-9,11H2,1-3H3,(H,19,23). The summed E-state index contributed by atoms with van der Waals surface area (Å²) in [6, 6.07) is 5.68. The molecule has 0 spiro atoms. The fraction of sp³-hybridized carbons (Fsp3) is 0.500. The van der Waals surface area contributed by atoms with Crippen molar-refractivity contribution >= 4 is 23.6 Å². The van der Waals surface area contributed by atoms with E-state index in [0.717, 1.165) is 16.8 Å². The number of ether oxygens (including phenoxy) is 1.